The number of nitrogens with zero attached hydrogens (tertiary/aromatic N) is 3. The Morgan fingerprint density at radius 1 is 0.885 bits per heavy atom. The van der Waals surface area contributed by atoms with E-state index in [-0.39, 0.29) is 22.9 Å². The van der Waals surface area contributed by atoms with Crippen LogP contribution in [0.15, 0.2) is 48.7 Å². The highest BCUT2D eigenvalue weighted by Crippen LogP contribution is 2.25. The summed E-state index contributed by atoms with van der Waals surface area (Å²) in [4.78, 5) is 4.19. The molecule has 1 aromatic heterocycles. The van der Waals surface area contributed by atoms with Gasteiger partial charge in [0.15, 0.2) is 5.82 Å². The second kappa shape index (κ2) is 7.03. The van der Waals surface area contributed by atoms with Crippen LogP contribution in [0.3, 0.4) is 0 Å². The third kappa shape index (κ3) is 4.11. The van der Waals surface area contributed by atoms with Gasteiger partial charge in [0, 0.05) is 5.69 Å². The summed E-state index contributed by atoms with van der Waals surface area (Å²) in [5.41, 5.74) is 1.76. The number of halogens is 2. The Balaban J connectivity index is 1.77. The van der Waals surface area contributed by atoms with E-state index >= 15 is 0 Å². The van der Waals surface area contributed by atoms with Gasteiger partial charge in [-0.05, 0) is 35.2 Å². The van der Waals surface area contributed by atoms with E-state index in [9.17, 15) is 8.78 Å². The van der Waals surface area contributed by atoms with Crippen LogP contribution in [0.5, 0.6) is 0 Å². The minimum absolute atomic E-state index is 0.0598. The molecule has 0 unspecified atom stereocenters. The van der Waals surface area contributed by atoms with Gasteiger partial charge in [0.25, 0.3) is 0 Å². The van der Waals surface area contributed by atoms with Gasteiger partial charge >= 0.3 is 0 Å². The first-order valence-corrected chi connectivity index (χ1v) is 8.11. The van der Waals surface area contributed by atoms with E-state index in [0.717, 1.165) is 17.8 Å². The van der Waals surface area contributed by atoms with Crippen molar-refractivity contribution in [2.45, 2.75) is 26.2 Å². The summed E-state index contributed by atoms with van der Waals surface area (Å²) in [6.45, 7) is 6.42. The summed E-state index contributed by atoms with van der Waals surface area (Å²) in [5.74, 6) is -1.03. The van der Waals surface area contributed by atoms with Crippen LogP contribution in [0.1, 0.15) is 26.3 Å². The molecule has 0 saturated carbocycles. The minimum Gasteiger partial charge on any atom is -0.334 e. The number of para-hydroxylation sites is 1. The number of hydrogen-bond acceptors (Lipinski definition) is 5. The summed E-state index contributed by atoms with van der Waals surface area (Å²) >= 11 is 0. The number of benzene rings is 2. The topological polar surface area (TPSA) is 62.7 Å². The van der Waals surface area contributed by atoms with Gasteiger partial charge in [-0.3, -0.25) is 0 Å². The Hall–Kier alpha value is -3.09. The molecular formula is C19H19F2N5. The molecule has 0 amide bonds. The van der Waals surface area contributed by atoms with Gasteiger partial charge in [-0.15, -0.1) is 5.10 Å². The zero-order chi connectivity index (χ0) is 18.7. The predicted molar refractivity (Wildman–Crippen MR) is 97.9 cm³/mol. The zero-order valence-corrected chi connectivity index (χ0v) is 14.7. The molecule has 0 bridgehead atoms. The highest BCUT2D eigenvalue weighted by Gasteiger charge is 2.13. The van der Waals surface area contributed by atoms with Gasteiger partial charge in [-0.25, -0.2) is 8.78 Å². The van der Waals surface area contributed by atoms with E-state index in [4.69, 9.17) is 0 Å². The van der Waals surface area contributed by atoms with Gasteiger partial charge in [0.2, 0.25) is 5.95 Å². The standard InChI is InChI=1S/C19H19F2N5/c1-19(2,3)12-7-9-13(10-8-12)23-18-25-16(11-22-26-18)24-17-14(20)5-4-6-15(17)21/h4-11H,1-3H3,(H2,23,24,25,26). The predicted octanol–water partition coefficient (Wildman–Crippen LogP) is 4.93. The minimum atomic E-state index is -0.712. The van der Waals surface area contributed by atoms with Gasteiger partial charge in [-0.2, -0.15) is 10.1 Å². The summed E-state index contributed by atoms with van der Waals surface area (Å²) in [5, 5.41) is 13.3. The fourth-order valence-electron chi connectivity index (χ4n) is 2.34. The van der Waals surface area contributed by atoms with E-state index in [1.807, 2.05) is 24.3 Å². The van der Waals surface area contributed by atoms with Crippen LogP contribution in [-0.4, -0.2) is 15.2 Å². The lowest BCUT2D eigenvalue weighted by Gasteiger charge is -2.19. The first-order valence-electron chi connectivity index (χ1n) is 8.11. The highest BCUT2D eigenvalue weighted by molar-refractivity contribution is 5.59. The molecule has 2 aromatic carbocycles. The maximum absolute atomic E-state index is 13.7. The van der Waals surface area contributed by atoms with Crippen molar-refractivity contribution < 1.29 is 8.78 Å². The van der Waals surface area contributed by atoms with Crippen molar-refractivity contribution >= 4 is 23.1 Å². The monoisotopic (exact) mass is 355 g/mol. The van der Waals surface area contributed by atoms with Crippen molar-refractivity contribution in [3.05, 3.63) is 65.9 Å². The number of aromatic nitrogens is 3. The van der Waals surface area contributed by atoms with Crippen LogP contribution < -0.4 is 10.6 Å². The lowest BCUT2D eigenvalue weighted by atomic mass is 9.87. The van der Waals surface area contributed by atoms with E-state index < -0.39 is 11.6 Å². The second-order valence-electron chi connectivity index (χ2n) is 6.84. The quantitative estimate of drug-likeness (QED) is 0.694. The molecule has 0 aliphatic carbocycles. The summed E-state index contributed by atoms with van der Waals surface area (Å²) < 4.78 is 27.5. The molecule has 0 aliphatic rings. The molecule has 0 aliphatic heterocycles. The first kappa shape index (κ1) is 17.7. The van der Waals surface area contributed by atoms with Crippen molar-refractivity contribution in [2.75, 3.05) is 10.6 Å². The fraction of sp³-hybridized carbons (Fsp3) is 0.211. The molecule has 2 N–H and O–H groups in total. The third-order valence-electron chi connectivity index (χ3n) is 3.78. The molecule has 3 rings (SSSR count). The Morgan fingerprint density at radius 2 is 1.54 bits per heavy atom. The maximum atomic E-state index is 13.7. The molecule has 7 heteroatoms. The normalized spacial score (nSPS) is 11.3. The summed E-state index contributed by atoms with van der Waals surface area (Å²) in [6.07, 6.45) is 1.29. The van der Waals surface area contributed by atoms with Gasteiger partial charge < -0.3 is 10.6 Å². The van der Waals surface area contributed by atoms with Crippen molar-refractivity contribution in [3.8, 4) is 0 Å². The van der Waals surface area contributed by atoms with Crippen LogP contribution in [0.4, 0.5) is 31.9 Å². The van der Waals surface area contributed by atoms with Gasteiger partial charge in [0.1, 0.15) is 17.3 Å². The Kier molecular flexibility index (Phi) is 4.79. The Bertz CT molecular complexity index is 884. The number of anilines is 4. The lowest BCUT2D eigenvalue weighted by Crippen LogP contribution is -2.10. The van der Waals surface area contributed by atoms with Crippen LogP contribution in [0, 0.1) is 11.6 Å². The summed E-state index contributed by atoms with van der Waals surface area (Å²) in [7, 11) is 0. The molecule has 134 valence electrons. The Morgan fingerprint density at radius 3 is 2.15 bits per heavy atom. The molecule has 5 nitrogen and oxygen atoms in total. The van der Waals surface area contributed by atoms with Crippen LogP contribution in [-0.2, 0) is 5.41 Å². The molecule has 0 atom stereocenters. The van der Waals surface area contributed by atoms with Crippen molar-refractivity contribution in [3.63, 3.8) is 0 Å². The van der Waals surface area contributed by atoms with Gasteiger partial charge in [0.05, 0.1) is 6.20 Å². The average Bonchev–Trinajstić information content (AvgIpc) is 2.58. The van der Waals surface area contributed by atoms with E-state index in [1.54, 1.807) is 0 Å². The van der Waals surface area contributed by atoms with E-state index in [0.29, 0.717) is 0 Å². The second-order valence-corrected chi connectivity index (χ2v) is 6.84. The molecule has 0 spiro atoms. The molecule has 0 fully saturated rings. The highest BCUT2D eigenvalue weighted by atomic mass is 19.1. The summed E-state index contributed by atoms with van der Waals surface area (Å²) in [6, 6.07) is 11.5. The molecule has 3 aromatic rings. The van der Waals surface area contributed by atoms with Crippen LogP contribution in [0.25, 0.3) is 0 Å². The van der Waals surface area contributed by atoms with Crippen LogP contribution in [0.2, 0.25) is 0 Å². The molecule has 0 saturated heterocycles. The zero-order valence-electron chi connectivity index (χ0n) is 14.7. The molecule has 1 heterocycles. The van der Waals surface area contributed by atoms with E-state index in [1.165, 1.54) is 17.8 Å². The fourth-order valence-corrected chi connectivity index (χ4v) is 2.34. The number of nitrogens with one attached hydrogen (secondary N) is 2. The first-order chi connectivity index (χ1) is 12.3. The molecule has 26 heavy (non-hydrogen) atoms. The number of rotatable bonds is 4. The van der Waals surface area contributed by atoms with Crippen molar-refractivity contribution in [1.29, 1.82) is 0 Å². The average molecular weight is 355 g/mol. The smallest absolute Gasteiger partial charge is 0.249 e. The number of hydrogen-bond donors (Lipinski definition) is 2. The van der Waals surface area contributed by atoms with E-state index in [2.05, 4.69) is 46.6 Å². The lowest BCUT2D eigenvalue weighted by molar-refractivity contribution is 0.590. The molecular weight excluding hydrogens is 336 g/mol. The third-order valence-corrected chi connectivity index (χ3v) is 3.78. The molecule has 0 radical (unpaired) electrons. The maximum Gasteiger partial charge on any atom is 0.249 e. The SMILES string of the molecule is CC(C)(C)c1ccc(Nc2nncc(Nc3c(F)cccc3F)n2)cc1. The van der Waals surface area contributed by atoms with Crippen LogP contribution >= 0.6 is 0 Å². The van der Waals surface area contributed by atoms with Gasteiger partial charge in [-0.1, -0.05) is 39.0 Å². The van der Waals surface area contributed by atoms with Crippen molar-refractivity contribution in [2.24, 2.45) is 0 Å². The largest absolute Gasteiger partial charge is 0.334 e. The Labute approximate surface area is 150 Å². The van der Waals surface area contributed by atoms with Crippen molar-refractivity contribution in [1.82, 2.24) is 15.2 Å².